The fourth-order valence-electron chi connectivity index (χ4n) is 2.02. The van der Waals surface area contributed by atoms with Gasteiger partial charge in [-0.2, -0.15) is 5.26 Å². The zero-order valence-corrected chi connectivity index (χ0v) is 8.18. The Kier molecular flexibility index (Phi) is 2.44. The lowest BCUT2D eigenvalue weighted by molar-refractivity contribution is 0.00401. The summed E-state index contributed by atoms with van der Waals surface area (Å²) in [6.45, 7) is 6.99. The van der Waals surface area contributed by atoms with Crippen LogP contribution in [0, 0.1) is 16.7 Å². The Morgan fingerprint density at radius 1 is 1.42 bits per heavy atom. The Bertz CT molecular complexity index is 204. The van der Waals surface area contributed by atoms with Gasteiger partial charge in [0.1, 0.15) is 0 Å². The molecule has 0 spiro atoms. The molecule has 1 fully saturated rings. The molecule has 0 bridgehead atoms. The maximum atomic E-state index is 9.00. The van der Waals surface area contributed by atoms with Gasteiger partial charge in [0.2, 0.25) is 0 Å². The molecule has 0 radical (unpaired) electrons. The highest BCUT2D eigenvalue weighted by atomic mass is 16.5. The van der Waals surface area contributed by atoms with E-state index in [1.54, 1.807) is 0 Å². The summed E-state index contributed by atoms with van der Waals surface area (Å²) in [4.78, 5) is 0. The Morgan fingerprint density at radius 2 is 2.08 bits per heavy atom. The first-order valence-electron chi connectivity index (χ1n) is 4.59. The molecular weight excluding hydrogens is 150 g/mol. The van der Waals surface area contributed by atoms with Gasteiger partial charge >= 0.3 is 0 Å². The van der Waals surface area contributed by atoms with Gasteiger partial charge in [-0.05, 0) is 31.6 Å². The first kappa shape index (κ1) is 9.54. The van der Waals surface area contributed by atoms with Crippen molar-refractivity contribution in [3.05, 3.63) is 0 Å². The average Bonchev–Trinajstić information content (AvgIpc) is 2.29. The molecule has 1 aliphatic rings. The molecule has 0 aliphatic heterocycles. The van der Waals surface area contributed by atoms with Crippen LogP contribution in [0.4, 0.5) is 0 Å². The second-order valence-electron chi connectivity index (χ2n) is 4.38. The molecular formula is C10H17NO. The molecule has 1 saturated carbocycles. The molecule has 2 heteroatoms. The predicted molar refractivity (Wildman–Crippen MR) is 47.6 cm³/mol. The van der Waals surface area contributed by atoms with Gasteiger partial charge in [-0.15, -0.1) is 0 Å². The Balaban J connectivity index is 2.68. The summed E-state index contributed by atoms with van der Waals surface area (Å²) >= 11 is 0. The predicted octanol–water partition coefficient (Wildman–Crippen LogP) is 2.50. The standard InChI is InChI=1S/C10H17NO/c1-4-12-10(8-11)6-5-9(2,3)7-10/h4-7H2,1-3H3. The van der Waals surface area contributed by atoms with Crippen molar-refractivity contribution in [3.63, 3.8) is 0 Å². The minimum Gasteiger partial charge on any atom is -0.360 e. The van der Waals surface area contributed by atoms with Gasteiger partial charge in [0.05, 0.1) is 6.07 Å². The molecule has 0 aromatic carbocycles. The summed E-state index contributed by atoms with van der Waals surface area (Å²) in [5, 5.41) is 9.00. The van der Waals surface area contributed by atoms with E-state index in [4.69, 9.17) is 10.00 Å². The fraction of sp³-hybridized carbons (Fsp3) is 0.900. The summed E-state index contributed by atoms with van der Waals surface area (Å²) in [7, 11) is 0. The highest BCUT2D eigenvalue weighted by Gasteiger charge is 2.44. The highest BCUT2D eigenvalue weighted by Crippen LogP contribution is 2.45. The summed E-state index contributed by atoms with van der Waals surface area (Å²) in [5.74, 6) is 0. The third kappa shape index (κ3) is 1.78. The van der Waals surface area contributed by atoms with Crippen LogP contribution in [0.5, 0.6) is 0 Å². The van der Waals surface area contributed by atoms with Gasteiger partial charge in [0, 0.05) is 6.61 Å². The molecule has 0 aromatic heterocycles. The lowest BCUT2D eigenvalue weighted by atomic mass is 9.89. The molecule has 1 rings (SSSR count). The lowest BCUT2D eigenvalue weighted by Crippen LogP contribution is -2.28. The normalized spacial score (nSPS) is 33.2. The maximum absolute atomic E-state index is 9.00. The Labute approximate surface area is 74.5 Å². The smallest absolute Gasteiger partial charge is 0.154 e. The Morgan fingerprint density at radius 3 is 2.42 bits per heavy atom. The molecule has 0 aromatic rings. The van der Waals surface area contributed by atoms with E-state index in [2.05, 4.69) is 19.9 Å². The summed E-state index contributed by atoms with van der Waals surface area (Å²) < 4.78 is 5.51. The van der Waals surface area contributed by atoms with E-state index < -0.39 is 5.60 Å². The molecule has 68 valence electrons. The van der Waals surface area contributed by atoms with E-state index in [0.717, 1.165) is 19.3 Å². The van der Waals surface area contributed by atoms with Gasteiger partial charge in [0.25, 0.3) is 0 Å². The second-order valence-corrected chi connectivity index (χ2v) is 4.38. The van der Waals surface area contributed by atoms with Crippen molar-refractivity contribution in [3.8, 4) is 6.07 Å². The second kappa shape index (κ2) is 3.06. The van der Waals surface area contributed by atoms with Crippen LogP contribution in [0.15, 0.2) is 0 Å². The number of nitriles is 1. The van der Waals surface area contributed by atoms with E-state index >= 15 is 0 Å². The van der Waals surface area contributed by atoms with Gasteiger partial charge in [-0.3, -0.25) is 0 Å². The van der Waals surface area contributed by atoms with Crippen LogP contribution in [0.3, 0.4) is 0 Å². The molecule has 1 unspecified atom stereocenters. The third-order valence-electron chi connectivity index (χ3n) is 2.59. The van der Waals surface area contributed by atoms with Gasteiger partial charge in [-0.25, -0.2) is 0 Å². The molecule has 0 N–H and O–H groups in total. The van der Waals surface area contributed by atoms with Crippen molar-refractivity contribution in [2.45, 2.75) is 45.6 Å². The van der Waals surface area contributed by atoms with Crippen molar-refractivity contribution < 1.29 is 4.74 Å². The van der Waals surface area contributed by atoms with Crippen LogP contribution < -0.4 is 0 Å². The van der Waals surface area contributed by atoms with Gasteiger partial charge in [-0.1, -0.05) is 13.8 Å². The van der Waals surface area contributed by atoms with Crippen LogP contribution in [0.1, 0.15) is 40.0 Å². The minimum atomic E-state index is -0.474. The molecule has 2 nitrogen and oxygen atoms in total. The molecule has 0 heterocycles. The SMILES string of the molecule is CCOC1(C#N)CCC(C)(C)C1. The van der Waals surface area contributed by atoms with E-state index in [-0.39, 0.29) is 5.41 Å². The number of hydrogen-bond donors (Lipinski definition) is 0. The number of hydrogen-bond acceptors (Lipinski definition) is 2. The van der Waals surface area contributed by atoms with Crippen LogP contribution in [-0.4, -0.2) is 12.2 Å². The minimum absolute atomic E-state index is 0.283. The number of rotatable bonds is 2. The van der Waals surface area contributed by atoms with Crippen LogP contribution in [0.25, 0.3) is 0 Å². The fourth-order valence-corrected chi connectivity index (χ4v) is 2.02. The quantitative estimate of drug-likeness (QED) is 0.633. The van der Waals surface area contributed by atoms with Gasteiger partial charge < -0.3 is 4.74 Å². The third-order valence-corrected chi connectivity index (χ3v) is 2.59. The van der Waals surface area contributed by atoms with E-state index in [9.17, 15) is 0 Å². The van der Waals surface area contributed by atoms with Crippen molar-refractivity contribution >= 4 is 0 Å². The largest absolute Gasteiger partial charge is 0.360 e. The molecule has 12 heavy (non-hydrogen) atoms. The molecule has 0 amide bonds. The average molecular weight is 167 g/mol. The molecule has 1 aliphatic carbocycles. The van der Waals surface area contributed by atoms with Crippen LogP contribution in [-0.2, 0) is 4.74 Å². The molecule has 1 atom stereocenters. The number of nitrogens with zero attached hydrogens (tertiary/aromatic N) is 1. The topological polar surface area (TPSA) is 33.0 Å². The zero-order chi connectivity index (χ0) is 9.24. The summed E-state index contributed by atoms with van der Waals surface area (Å²) in [6, 6.07) is 2.31. The first-order valence-corrected chi connectivity index (χ1v) is 4.59. The van der Waals surface area contributed by atoms with Crippen molar-refractivity contribution in [2.75, 3.05) is 6.61 Å². The molecule has 0 saturated heterocycles. The first-order chi connectivity index (χ1) is 5.54. The van der Waals surface area contributed by atoms with Crippen molar-refractivity contribution in [1.82, 2.24) is 0 Å². The maximum Gasteiger partial charge on any atom is 0.154 e. The highest BCUT2D eigenvalue weighted by molar-refractivity contribution is 5.09. The summed E-state index contributed by atoms with van der Waals surface area (Å²) in [6.07, 6.45) is 2.87. The number of ether oxygens (including phenoxy) is 1. The van der Waals surface area contributed by atoms with Crippen molar-refractivity contribution in [1.29, 1.82) is 5.26 Å². The van der Waals surface area contributed by atoms with Crippen molar-refractivity contribution in [2.24, 2.45) is 5.41 Å². The zero-order valence-electron chi connectivity index (χ0n) is 8.18. The van der Waals surface area contributed by atoms with Gasteiger partial charge in [0.15, 0.2) is 5.60 Å². The summed E-state index contributed by atoms with van der Waals surface area (Å²) in [5.41, 5.74) is -0.191. The Hall–Kier alpha value is -0.550. The van der Waals surface area contributed by atoms with E-state index in [0.29, 0.717) is 6.61 Å². The van der Waals surface area contributed by atoms with E-state index in [1.165, 1.54) is 0 Å². The lowest BCUT2D eigenvalue weighted by Gasteiger charge is -2.23. The van der Waals surface area contributed by atoms with Crippen LogP contribution >= 0.6 is 0 Å². The van der Waals surface area contributed by atoms with E-state index in [1.807, 2.05) is 6.92 Å². The monoisotopic (exact) mass is 167 g/mol. The van der Waals surface area contributed by atoms with Crippen LogP contribution in [0.2, 0.25) is 0 Å².